The Morgan fingerprint density at radius 1 is 1.00 bits per heavy atom. The summed E-state index contributed by atoms with van der Waals surface area (Å²) in [4.78, 5) is 34.5. The monoisotopic (exact) mass is 590 g/mol. The van der Waals surface area contributed by atoms with E-state index in [0.29, 0.717) is 30.2 Å². The van der Waals surface area contributed by atoms with Crippen LogP contribution in [0.4, 0.5) is 5.69 Å². The normalized spacial score (nSPS) is 17.9. The Hall–Kier alpha value is -3.34. The number of halogens is 2. The maximum absolute atomic E-state index is 12.7. The number of oxime groups is 1. The van der Waals surface area contributed by atoms with Crippen molar-refractivity contribution in [2.45, 2.75) is 52.0 Å². The standard InChI is InChI=1S/C28H36Cl2N6O4/c1-2-40-36-24-16-25(37)35-28(31)33-17-19-14-22(29)27(23(30)15-19)34-26(38)18-32-12-6-4-3-5-7-13-39-21-10-8-20(24)9-11-21/h8-11,14-15,32H,2-7,12-13,16-18H2,1H3,(H,34,38)(H3,31,33,35,37)/b36-24-. The number of guanidine groups is 1. The number of amides is 2. The SMILES string of the molecule is CCO/N=C1/CC(=O)NC(N)=NCc2cc(Cl)c(c(Cl)c2)NC(=O)CNCCCCCCCOc2ccc1cc2. The molecule has 3 aliphatic heterocycles. The Bertz CT molecular complexity index is 1180. The highest BCUT2D eigenvalue weighted by Gasteiger charge is 2.14. The van der Waals surface area contributed by atoms with E-state index < -0.39 is 5.91 Å². The first-order chi connectivity index (χ1) is 19.4. The molecule has 3 heterocycles. The highest BCUT2D eigenvalue weighted by molar-refractivity contribution is 6.39. The maximum atomic E-state index is 12.7. The van der Waals surface area contributed by atoms with Gasteiger partial charge in [0.15, 0.2) is 5.96 Å². The summed E-state index contributed by atoms with van der Waals surface area (Å²) in [5, 5.41) is 13.1. The van der Waals surface area contributed by atoms with Gasteiger partial charge in [0.25, 0.3) is 0 Å². The molecular weight excluding hydrogens is 555 g/mol. The minimum atomic E-state index is -0.403. The molecule has 2 amide bonds. The molecule has 12 heteroatoms. The van der Waals surface area contributed by atoms with Crippen molar-refractivity contribution < 1.29 is 19.2 Å². The molecule has 0 saturated carbocycles. The predicted octanol–water partition coefficient (Wildman–Crippen LogP) is 4.63. The highest BCUT2D eigenvalue weighted by atomic mass is 35.5. The van der Waals surface area contributed by atoms with Crippen molar-refractivity contribution in [3.05, 3.63) is 57.6 Å². The number of nitrogens with one attached hydrogen (secondary N) is 3. The van der Waals surface area contributed by atoms with Crippen LogP contribution < -0.4 is 26.4 Å². The zero-order valence-corrected chi connectivity index (χ0v) is 24.1. The minimum absolute atomic E-state index is 0.0717. The summed E-state index contributed by atoms with van der Waals surface area (Å²) in [6.07, 6.45) is 5.04. The summed E-state index contributed by atoms with van der Waals surface area (Å²) in [6.45, 7) is 3.79. The van der Waals surface area contributed by atoms with Gasteiger partial charge in [-0.3, -0.25) is 14.9 Å². The molecule has 3 aliphatic rings. The zero-order valence-electron chi connectivity index (χ0n) is 22.6. The number of nitrogens with zero attached hydrogens (tertiary/aromatic N) is 2. The summed E-state index contributed by atoms with van der Waals surface area (Å²) in [7, 11) is 0. The topological polar surface area (TPSA) is 139 Å². The van der Waals surface area contributed by atoms with Crippen molar-refractivity contribution in [3.63, 3.8) is 0 Å². The Balaban J connectivity index is 1.74. The van der Waals surface area contributed by atoms with Gasteiger partial charge in [0.1, 0.15) is 12.4 Å². The Morgan fingerprint density at radius 2 is 1.70 bits per heavy atom. The molecule has 0 unspecified atom stereocenters. The number of anilines is 1. The summed E-state index contributed by atoms with van der Waals surface area (Å²) >= 11 is 12.8. The molecule has 0 saturated heterocycles. The summed E-state index contributed by atoms with van der Waals surface area (Å²) in [5.74, 6) is 0.0298. The maximum Gasteiger partial charge on any atom is 0.238 e. The van der Waals surface area contributed by atoms with Gasteiger partial charge in [-0.2, -0.15) is 0 Å². The van der Waals surface area contributed by atoms with Crippen molar-refractivity contribution in [2.75, 3.05) is 31.6 Å². The van der Waals surface area contributed by atoms with E-state index >= 15 is 0 Å². The molecule has 0 fully saturated rings. The summed E-state index contributed by atoms with van der Waals surface area (Å²) in [5.41, 5.74) is 8.11. The van der Waals surface area contributed by atoms with Crippen molar-refractivity contribution in [2.24, 2.45) is 15.9 Å². The zero-order chi connectivity index (χ0) is 28.7. The van der Waals surface area contributed by atoms with E-state index in [-0.39, 0.29) is 41.4 Å². The van der Waals surface area contributed by atoms with Crippen LogP contribution >= 0.6 is 23.2 Å². The van der Waals surface area contributed by atoms with E-state index in [1.807, 2.05) is 31.2 Å². The molecule has 4 bridgehead atoms. The molecular formula is C28H36Cl2N6O4. The second-order valence-electron chi connectivity index (χ2n) is 9.18. The van der Waals surface area contributed by atoms with Crippen molar-refractivity contribution in [1.29, 1.82) is 0 Å². The lowest BCUT2D eigenvalue weighted by Gasteiger charge is -2.12. The predicted molar refractivity (Wildman–Crippen MR) is 159 cm³/mol. The fourth-order valence-electron chi connectivity index (χ4n) is 3.92. The number of nitrogens with two attached hydrogens (primary N) is 1. The van der Waals surface area contributed by atoms with Crippen molar-refractivity contribution in [3.8, 4) is 5.75 Å². The van der Waals surface area contributed by atoms with E-state index in [2.05, 4.69) is 26.1 Å². The van der Waals surface area contributed by atoms with Crippen LogP contribution in [0.3, 0.4) is 0 Å². The molecule has 5 rings (SSSR count). The summed E-state index contributed by atoms with van der Waals surface area (Å²) in [6, 6.07) is 10.7. The van der Waals surface area contributed by atoms with Gasteiger partial charge < -0.3 is 25.9 Å². The van der Waals surface area contributed by atoms with Crippen LogP contribution in [0.5, 0.6) is 5.75 Å². The van der Waals surface area contributed by atoms with Crippen LogP contribution in [0, 0.1) is 0 Å². The first-order valence-corrected chi connectivity index (χ1v) is 14.1. The van der Waals surface area contributed by atoms with Gasteiger partial charge in [-0.05, 0) is 68.3 Å². The van der Waals surface area contributed by atoms with E-state index in [9.17, 15) is 9.59 Å². The van der Waals surface area contributed by atoms with Gasteiger partial charge in [-0.1, -0.05) is 47.6 Å². The third-order valence-electron chi connectivity index (χ3n) is 5.94. The Morgan fingerprint density at radius 3 is 2.42 bits per heavy atom. The van der Waals surface area contributed by atoms with Gasteiger partial charge in [0.2, 0.25) is 11.8 Å². The first-order valence-electron chi connectivity index (χ1n) is 13.4. The number of ether oxygens (including phenoxy) is 1. The van der Waals surface area contributed by atoms with E-state index in [0.717, 1.165) is 50.0 Å². The van der Waals surface area contributed by atoms with Gasteiger partial charge >= 0.3 is 0 Å². The largest absolute Gasteiger partial charge is 0.494 e. The van der Waals surface area contributed by atoms with E-state index in [1.165, 1.54) is 0 Å². The third kappa shape index (κ3) is 10.7. The van der Waals surface area contributed by atoms with Gasteiger partial charge in [0, 0.05) is 5.56 Å². The van der Waals surface area contributed by atoms with Crippen molar-refractivity contribution >= 4 is 52.4 Å². The lowest BCUT2D eigenvalue weighted by atomic mass is 10.1. The molecule has 0 aromatic heterocycles. The van der Waals surface area contributed by atoms with E-state index in [1.54, 1.807) is 12.1 Å². The van der Waals surface area contributed by atoms with Crippen LogP contribution in [0.2, 0.25) is 10.0 Å². The number of fused-ring (bicyclic) bond motifs is 2. The molecule has 216 valence electrons. The lowest BCUT2D eigenvalue weighted by molar-refractivity contribution is -0.118. The number of hydrogen-bond acceptors (Lipinski definition) is 8. The highest BCUT2D eigenvalue weighted by Crippen LogP contribution is 2.32. The number of aliphatic imine (C=N–C) groups is 1. The molecule has 0 spiro atoms. The van der Waals surface area contributed by atoms with Crippen LogP contribution in [-0.4, -0.2) is 49.8 Å². The second kappa shape index (κ2) is 16.7. The fourth-order valence-corrected chi connectivity index (χ4v) is 4.55. The molecule has 10 nitrogen and oxygen atoms in total. The van der Waals surface area contributed by atoms with Gasteiger partial charge in [-0.25, -0.2) is 4.99 Å². The summed E-state index contributed by atoms with van der Waals surface area (Å²) < 4.78 is 5.86. The van der Waals surface area contributed by atoms with Crippen LogP contribution in [0.25, 0.3) is 0 Å². The number of benzene rings is 2. The molecule has 5 N–H and O–H groups in total. The third-order valence-corrected chi connectivity index (χ3v) is 6.53. The van der Waals surface area contributed by atoms with Crippen LogP contribution in [0.15, 0.2) is 46.5 Å². The Kier molecular flexibility index (Phi) is 13.0. The van der Waals surface area contributed by atoms with Gasteiger partial charge in [0.05, 0.1) is 47.6 Å². The van der Waals surface area contributed by atoms with Crippen LogP contribution in [-0.2, 0) is 21.0 Å². The fraction of sp³-hybridized carbons (Fsp3) is 0.429. The molecule has 2 aromatic rings. The second-order valence-corrected chi connectivity index (χ2v) is 10.00. The molecule has 0 aliphatic carbocycles. The molecule has 0 atom stereocenters. The average Bonchev–Trinajstić information content (AvgIpc) is 2.92. The number of carbonyl (C=O) groups excluding carboxylic acids is 2. The smallest absolute Gasteiger partial charge is 0.238 e. The number of hydrogen-bond donors (Lipinski definition) is 4. The van der Waals surface area contributed by atoms with E-state index in [4.69, 9.17) is 38.5 Å². The average molecular weight is 592 g/mol. The minimum Gasteiger partial charge on any atom is -0.494 e. The number of carbonyl (C=O) groups is 2. The van der Waals surface area contributed by atoms with Gasteiger partial charge in [-0.15, -0.1) is 0 Å². The Labute approximate surface area is 244 Å². The molecule has 2 aromatic carbocycles. The van der Waals surface area contributed by atoms with Crippen molar-refractivity contribution in [1.82, 2.24) is 10.6 Å². The number of rotatable bonds is 2. The lowest BCUT2D eigenvalue weighted by Crippen LogP contribution is -2.37. The first kappa shape index (κ1) is 31.2. The van der Waals surface area contributed by atoms with Crippen LogP contribution in [0.1, 0.15) is 56.6 Å². The molecule has 0 radical (unpaired) electrons. The molecule has 40 heavy (non-hydrogen) atoms. The quantitative estimate of drug-likeness (QED) is 0.376.